The van der Waals surface area contributed by atoms with Crippen molar-refractivity contribution < 1.29 is 4.79 Å². The lowest BCUT2D eigenvalue weighted by Crippen LogP contribution is -2.48. The van der Waals surface area contributed by atoms with Crippen molar-refractivity contribution in [2.24, 2.45) is 0 Å². The Morgan fingerprint density at radius 3 is 2.95 bits per heavy atom. The number of rotatable bonds is 4. The molecule has 1 amide bonds. The number of nitrogens with zero attached hydrogens (tertiary/aromatic N) is 2. The first-order valence-corrected chi connectivity index (χ1v) is 7.54. The van der Waals surface area contributed by atoms with Gasteiger partial charge in [0.2, 0.25) is 0 Å². The monoisotopic (exact) mass is 275 g/mol. The zero-order valence-corrected chi connectivity index (χ0v) is 12.7. The fraction of sp³-hybridized carbons (Fsp3) is 0.625. The number of hydrogen-bond acceptors (Lipinski definition) is 3. The molecule has 1 aromatic rings. The van der Waals surface area contributed by atoms with Gasteiger partial charge < -0.3 is 5.32 Å². The first-order chi connectivity index (χ1) is 9.58. The Morgan fingerprint density at radius 1 is 1.50 bits per heavy atom. The molecule has 1 fully saturated rings. The highest BCUT2D eigenvalue weighted by atomic mass is 16.1. The lowest BCUT2D eigenvalue weighted by atomic mass is 10.0. The average Bonchev–Trinajstić information content (AvgIpc) is 2.45. The summed E-state index contributed by atoms with van der Waals surface area (Å²) in [6.45, 7) is 8.22. The van der Waals surface area contributed by atoms with Crippen LogP contribution >= 0.6 is 0 Å². The number of nitrogens with one attached hydrogen (secondary N) is 1. The van der Waals surface area contributed by atoms with Gasteiger partial charge >= 0.3 is 0 Å². The average molecular weight is 275 g/mol. The lowest BCUT2D eigenvalue weighted by molar-refractivity contribution is 0.0886. The number of pyridine rings is 1. The zero-order chi connectivity index (χ0) is 14.5. The molecular formula is C16H25N3O. The minimum absolute atomic E-state index is 0.0333. The van der Waals surface area contributed by atoms with Crippen LogP contribution < -0.4 is 5.32 Å². The third-order valence-electron chi connectivity index (χ3n) is 4.15. The molecule has 0 saturated carbocycles. The molecule has 2 heterocycles. The molecule has 4 heteroatoms. The molecule has 2 atom stereocenters. The molecule has 0 bridgehead atoms. The van der Waals surface area contributed by atoms with E-state index in [4.69, 9.17) is 0 Å². The second-order valence-electron chi connectivity index (χ2n) is 5.83. The molecule has 4 nitrogen and oxygen atoms in total. The quantitative estimate of drug-likeness (QED) is 0.917. The van der Waals surface area contributed by atoms with E-state index in [0.717, 1.165) is 12.2 Å². The summed E-state index contributed by atoms with van der Waals surface area (Å²) in [7, 11) is 0. The van der Waals surface area contributed by atoms with Crippen LogP contribution in [0.25, 0.3) is 0 Å². The fourth-order valence-electron chi connectivity index (χ4n) is 2.84. The van der Waals surface area contributed by atoms with Crippen LogP contribution in [0, 0.1) is 6.92 Å². The van der Waals surface area contributed by atoms with Crippen molar-refractivity contribution in [2.45, 2.75) is 52.1 Å². The molecule has 0 aromatic carbocycles. The Balaban J connectivity index is 1.84. The predicted molar refractivity (Wildman–Crippen MR) is 80.8 cm³/mol. The third-order valence-corrected chi connectivity index (χ3v) is 4.15. The number of piperidine rings is 1. The largest absolute Gasteiger partial charge is 0.350 e. The predicted octanol–water partition coefficient (Wildman–Crippen LogP) is 2.38. The van der Waals surface area contributed by atoms with Crippen LogP contribution in [-0.2, 0) is 0 Å². The van der Waals surface area contributed by atoms with Gasteiger partial charge in [0.15, 0.2) is 0 Å². The molecule has 0 radical (unpaired) electrons. The SMILES string of the molecule is Cc1ccc(C(=O)NCC(C)N2CCCCC2C)cn1. The molecular weight excluding hydrogens is 250 g/mol. The van der Waals surface area contributed by atoms with Gasteiger partial charge in [0.25, 0.3) is 5.91 Å². The molecule has 2 unspecified atom stereocenters. The van der Waals surface area contributed by atoms with E-state index in [1.165, 1.54) is 19.3 Å². The maximum atomic E-state index is 12.1. The summed E-state index contributed by atoms with van der Waals surface area (Å²) in [5.41, 5.74) is 1.56. The van der Waals surface area contributed by atoms with Crippen LogP contribution in [0.15, 0.2) is 18.3 Å². The van der Waals surface area contributed by atoms with Crippen molar-refractivity contribution in [3.63, 3.8) is 0 Å². The van der Waals surface area contributed by atoms with Crippen molar-refractivity contribution in [3.05, 3.63) is 29.6 Å². The first kappa shape index (κ1) is 15.0. The van der Waals surface area contributed by atoms with Crippen LogP contribution in [0.5, 0.6) is 0 Å². The standard InChI is InChI=1S/C16H25N3O/c1-12-7-8-15(11-17-12)16(20)18-10-14(3)19-9-5-4-6-13(19)2/h7-8,11,13-14H,4-6,9-10H2,1-3H3,(H,18,20). The van der Waals surface area contributed by atoms with E-state index in [1.54, 1.807) is 6.20 Å². The van der Waals surface area contributed by atoms with Crippen molar-refractivity contribution in [1.29, 1.82) is 0 Å². The summed E-state index contributed by atoms with van der Waals surface area (Å²) < 4.78 is 0. The minimum Gasteiger partial charge on any atom is -0.350 e. The normalized spacial score (nSPS) is 21.4. The number of amides is 1. The summed E-state index contributed by atoms with van der Waals surface area (Å²) in [6.07, 6.45) is 5.50. The molecule has 1 aliphatic rings. The maximum Gasteiger partial charge on any atom is 0.252 e. The Kier molecular flexibility index (Phi) is 5.12. The molecule has 1 saturated heterocycles. The third kappa shape index (κ3) is 3.79. The Labute approximate surface area is 121 Å². The van der Waals surface area contributed by atoms with Gasteiger partial charge in [0.05, 0.1) is 5.56 Å². The van der Waals surface area contributed by atoms with E-state index < -0.39 is 0 Å². The minimum atomic E-state index is -0.0333. The highest BCUT2D eigenvalue weighted by Crippen LogP contribution is 2.18. The molecule has 0 spiro atoms. The van der Waals surface area contributed by atoms with Crippen LogP contribution in [-0.4, -0.2) is 41.0 Å². The molecule has 2 rings (SSSR count). The number of hydrogen-bond donors (Lipinski definition) is 1. The molecule has 1 aliphatic heterocycles. The Bertz CT molecular complexity index is 444. The van der Waals surface area contributed by atoms with Gasteiger partial charge in [-0.25, -0.2) is 0 Å². The lowest BCUT2D eigenvalue weighted by Gasteiger charge is -2.38. The van der Waals surface area contributed by atoms with Crippen LogP contribution in [0.4, 0.5) is 0 Å². The smallest absolute Gasteiger partial charge is 0.252 e. The zero-order valence-electron chi connectivity index (χ0n) is 12.7. The van der Waals surface area contributed by atoms with Gasteiger partial charge in [-0.05, 0) is 52.3 Å². The second-order valence-corrected chi connectivity index (χ2v) is 5.83. The van der Waals surface area contributed by atoms with E-state index in [9.17, 15) is 4.79 Å². The van der Waals surface area contributed by atoms with Crippen molar-refractivity contribution in [3.8, 4) is 0 Å². The Morgan fingerprint density at radius 2 is 2.30 bits per heavy atom. The van der Waals surface area contributed by atoms with Crippen molar-refractivity contribution in [2.75, 3.05) is 13.1 Å². The van der Waals surface area contributed by atoms with E-state index in [-0.39, 0.29) is 5.91 Å². The molecule has 20 heavy (non-hydrogen) atoms. The van der Waals surface area contributed by atoms with Crippen molar-refractivity contribution >= 4 is 5.91 Å². The summed E-state index contributed by atoms with van der Waals surface area (Å²) in [4.78, 5) is 18.7. The van der Waals surface area contributed by atoms with Gasteiger partial charge in [0.1, 0.15) is 0 Å². The summed E-state index contributed by atoms with van der Waals surface area (Å²) in [5.74, 6) is -0.0333. The number of likely N-dealkylation sites (tertiary alicyclic amines) is 1. The number of aromatic nitrogens is 1. The van der Waals surface area contributed by atoms with E-state index in [1.807, 2.05) is 19.1 Å². The fourth-order valence-corrected chi connectivity index (χ4v) is 2.84. The van der Waals surface area contributed by atoms with Crippen molar-refractivity contribution in [1.82, 2.24) is 15.2 Å². The van der Waals surface area contributed by atoms with Gasteiger partial charge in [0, 0.05) is 30.5 Å². The summed E-state index contributed by atoms with van der Waals surface area (Å²) in [6, 6.07) is 4.70. The second kappa shape index (κ2) is 6.84. The van der Waals surface area contributed by atoms with Gasteiger partial charge in [-0.15, -0.1) is 0 Å². The van der Waals surface area contributed by atoms with Gasteiger partial charge in [-0.1, -0.05) is 6.42 Å². The van der Waals surface area contributed by atoms with Gasteiger partial charge in [-0.3, -0.25) is 14.7 Å². The highest BCUT2D eigenvalue weighted by molar-refractivity contribution is 5.93. The molecule has 0 aliphatic carbocycles. The molecule has 110 valence electrons. The number of carbonyl (C=O) groups is 1. The van der Waals surface area contributed by atoms with Crippen LogP contribution in [0.1, 0.15) is 49.2 Å². The maximum absolute atomic E-state index is 12.1. The van der Waals surface area contributed by atoms with Crippen LogP contribution in [0.2, 0.25) is 0 Å². The Hall–Kier alpha value is -1.42. The topological polar surface area (TPSA) is 45.2 Å². The van der Waals surface area contributed by atoms with E-state index >= 15 is 0 Å². The summed E-state index contributed by atoms with van der Waals surface area (Å²) in [5, 5.41) is 3.02. The molecule has 1 aromatic heterocycles. The number of carbonyl (C=O) groups excluding carboxylic acids is 1. The molecule has 1 N–H and O–H groups in total. The van der Waals surface area contributed by atoms with E-state index in [2.05, 4.69) is 29.0 Å². The highest BCUT2D eigenvalue weighted by Gasteiger charge is 2.23. The van der Waals surface area contributed by atoms with E-state index in [0.29, 0.717) is 24.2 Å². The summed E-state index contributed by atoms with van der Waals surface area (Å²) >= 11 is 0. The van der Waals surface area contributed by atoms with Crippen LogP contribution in [0.3, 0.4) is 0 Å². The first-order valence-electron chi connectivity index (χ1n) is 7.54. The number of aryl methyl sites for hydroxylation is 1. The van der Waals surface area contributed by atoms with Gasteiger partial charge in [-0.2, -0.15) is 0 Å².